The van der Waals surface area contributed by atoms with E-state index in [9.17, 15) is 8.78 Å². The third-order valence-electron chi connectivity index (χ3n) is 5.61. The van der Waals surface area contributed by atoms with Gasteiger partial charge in [-0.15, -0.1) is 0 Å². The van der Waals surface area contributed by atoms with Crippen molar-refractivity contribution in [3.8, 4) is 0 Å². The van der Waals surface area contributed by atoms with E-state index in [4.69, 9.17) is 11.5 Å². The number of halogens is 2. The summed E-state index contributed by atoms with van der Waals surface area (Å²) < 4.78 is 27.4. The van der Waals surface area contributed by atoms with Crippen LogP contribution in [0.2, 0.25) is 0 Å². The minimum absolute atomic E-state index is 0.456. The summed E-state index contributed by atoms with van der Waals surface area (Å²) in [6.45, 7) is 8.93. The summed E-state index contributed by atoms with van der Waals surface area (Å²) in [5, 5.41) is 0. The lowest BCUT2D eigenvalue weighted by molar-refractivity contribution is 0.564. The van der Waals surface area contributed by atoms with Gasteiger partial charge in [0.05, 0.1) is 0 Å². The van der Waals surface area contributed by atoms with Crippen LogP contribution >= 0.6 is 0 Å². The van der Waals surface area contributed by atoms with Gasteiger partial charge in [-0.1, -0.05) is 83.0 Å². The largest absolute Gasteiger partial charge is 0.398 e. The zero-order valence-corrected chi connectivity index (χ0v) is 22.9. The first kappa shape index (κ1) is 33.2. The number of unbranched alkanes of at least 4 members (excludes halogenated alkanes) is 2. The highest BCUT2D eigenvalue weighted by Gasteiger charge is 2.12. The standard InChI is InChI=1S/C17H19F2N.C11H17N.C2H6.CH5N/c1-2-3-7-15-13(10-14(18)11-16(15)19)9-12-6-4-5-8-17(12)20;1-2-3-6-10-7-4-5-8-11(10)9-12;2*1-2/h4-6,8,10-11H,2-3,7,9,20H2,1H3;4-5,7-8H,2-3,6,9,12H2,1H3;1-2H3;2H2,1H3. The van der Waals surface area contributed by atoms with Crippen LogP contribution in [0.5, 0.6) is 0 Å². The molecule has 0 aliphatic rings. The molecule has 200 valence electrons. The Morgan fingerprint density at radius 1 is 0.694 bits per heavy atom. The van der Waals surface area contributed by atoms with E-state index in [1.165, 1.54) is 43.5 Å². The molecule has 0 saturated heterocycles. The average Bonchev–Trinajstić information content (AvgIpc) is 2.91. The Hall–Kier alpha value is -2.76. The van der Waals surface area contributed by atoms with Crippen LogP contribution in [0, 0.1) is 11.6 Å². The van der Waals surface area contributed by atoms with Gasteiger partial charge in [-0.2, -0.15) is 0 Å². The van der Waals surface area contributed by atoms with Crippen molar-refractivity contribution < 1.29 is 8.78 Å². The number of aryl methyl sites for hydroxylation is 1. The molecule has 0 heterocycles. The number of nitrogens with two attached hydrogens (primary N) is 3. The maximum Gasteiger partial charge on any atom is 0.129 e. The van der Waals surface area contributed by atoms with Crippen molar-refractivity contribution in [1.29, 1.82) is 0 Å². The van der Waals surface area contributed by atoms with Gasteiger partial charge in [0.15, 0.2) is 0 Å². The summed E-state index contributed by atoms with van der Waals surface area (Å²) in [6, 6.07) is 18.2. The zero-order chi connectivity index (χ0) is 27.3. The van der Waals surface area contributed by atoms with Gasteiger partial charge in [-0.3, -0.25) is 0 Å². The van der Waals surface area contributed by atoms with Crippen LogP contribution in [0.15, 0.2) is 60.7 Å². The second-order valence-corrected chi connectivity index (χ2v) is 8.08. The predicted octanol–water partition coefficient (Wildman–Crippen LogP) is 7.57. The summed E-state index contributed by atoms with van der Waals surface area (Å²) in [5.74, 6) is -0.991. The Morgan fingerprint density at radius 3 is 1.78 bits per heavy atom. The van der Waals surface area contributed by atoms with E-state index in [1.54, 1.807) is 6.07 Å². The van der Waals surface area contributed by atoms with E-state index in [-0.39, 0.29) is 0 Å². The SMILES string of the molecule is CC.CCCCc1c(F)cc(F)cc1Cc1ccccc1N.CCCCc1ccccc1CN.CN. The summed E-state index contributed by atoms with van der Waals surface area (Å²) >= 11 is 0. The highest BCUT2D eigenvalue weighted by Crippen LogP contribution is 2.23. The number of hydrogen-bond acceptors (Lipinski definition) is 3. The number of hydrogen-bond donors (Lipinski definition) is 3. The molecule has 0 fully saturated rings. The maximum absolute atomic E-state index is 14.0. The molecule has 3 aromatic rings. The normalized spacial score (nSPS) is 9.69. The third-order valence-corrected chi connectivity index (χ3v) is 5.61. The smallest absolute Gasteiger partial charge is 0.129 e. The van der Waals surface area contributed by atoms with Crippen LogP contribution in [0.25, 0.3) is 0 Å². The molecule has 0 bridgehead atoms. The van der Waals surface area contributed by atoms with Crippen molar-refractivity contribution in [3.63, 3.8) is 0 Å². The van der Waals surface area contributed by atoms with Crippen molar-refractivity contribution in [1.82, 2.24) is 0 Å². The molecule has 3 rings (SSSR count). The Balaban J connectivity index is 0.000000655. The molecular formula is C31H47F2N3. The number of anilines is 1. The summed E-state index contributed by atoms with van der Waals surface area (Å²) in [5.41, 5.74) is 21.6. The Kier molecular flexibility index (Phi) is 18.9. The summed E-state index contributed by atoms with van der Waals surface area (Å²) in [7, 11) is 1.50. The second kappa shape index (κ2) is 20.4. The molecule has 6 N–H and O–H groups in total. The van der Waals surface area contributed by atoms with Crippen molar-refractivity contribution in [2.75, 3.05) is 12.8 Å². The number of nitrogen functional groups attached to an aromatic ring is 1. The quantitative estimate of drug-likeness (QED) is 0.266. The van der Waals surface area contributed by atoms with Crippen LogP contribution in [0.3, 0.4) is 0 Å². The van der Waals surface area contributed by atoms with Crippen LogP contribution in [0.1, 0.15) is 81.2 Å². The molecule has 0 aliphatic heterocycles. The van der Waals surface area contributed by atoms with E-state index >= 15 is 0 Å². The van der Waals surface area contributed by atoms with E-state index in [1.807, 2.05) is 32.0 Å². The molecule has 0 saturated carbocycles. The molecule has 0 aromatic heterocycles. The van der Waals surface area contributed by atoms with Crippen molar-refractivity contribution in [3.05, 3.63) is 100 Å². The monoisotopic (exact) mass is 499 g/mol. The van der Waals surface area contributed by atoms with Gasteiger partial charge in [0.25, 0.3) is 0 Å². The molecule has 5 heteroatoms. The lowest BCUT2D eigenvalue weighted by Gasteiger charge is -2.12. The zero-order valence-electron chi connectivity index (χ0n) is 22.9. The first-order valence-corrected chi connectivity index (χ1v) is 13.1. The molecule has 0 radical (unpaired) electrons. The Labute approximate surface area is 218 Å². The van der Waals surface area contributed by atoms with Crippen molar-refractivity contribution >= 4 is 5.69 Å². The van der Waals surface area contributed by atoms with Crippen molar-refractivity contribution in [2.45, 2.75) is 79.2 Å². The maximum atomic E-state index is 14.0. The topological polar surface area (TPSA) is 78.1 Å². The van der Waals surface area contributed by atoms with Crippen LogP contribution in [-0.4, -0.2) is 7.05 Å². The van der Waals surface area contributed by atoms with E-state index in [2.05, 4.69) is 43.8 Å². The first-order chi connectivity index (χ1) is 17.5. The van der Waals surface area contributed by atoms with Gasteiger partial charge < -0.3 is 17.2 Å². The van der Waals surface area contributed by atoms with E-state index in [0.717, 1.165) is 24.5 Å². The first-order valence-electron chi connectivity index (χ1n) is 13.1. The fourth-order valence-electron chi connectivity index (χ4n) is 3.72. The van der Waals surface area contributed by atoms with Crippen LogP contribution in [0.4, 0.5) is 14.5 Å². The van der Waals surface area contributed by atoms with Gasteiger partial charge in [-0.05, 0) is 79.1 Å². The van der Waals surface area contributed by atoms with E-state index < -0.39 is 11.6 Å². The molecule has 0 aliphatic carbocycles. The number of rotatable bonds is 9. The van der Waals surface area contributed by atoms with Crippen molar-refractivity contribution in [2.24, 2.45) is 11.5 Å². The minimum atomic E-state index is -0.535. The number of para-hydroxylation sites is 1. The second-order valence-electron chi connectivity index (χ2n) is 8.08. The molecule has 0 atom stereocenters. The number of benzene rings is 3. The molecule has 0 unspecified atom stereocenters. The molecule has 36 heavy (non-hydrogen) atoms. The molecule has 0 amide bonds. The van der Waals surface area contributed by atoms with Crippen LogP contribution in [-0.2, 0) is 25.8 Å². The van der Waals surface area contributed by atoms with Gasteiger partial charge in [0, 0.05) is 18.3 Å². The Morgan fingerprint density at radius 2 is 1.22 bits per heavy atom. The lowest BCUT2D eigenvalue weighted by atomic mass is 9.95. The fraction of sp³-hybridized carbons (Fsp3) is 0.419. The van der Waals surface area contributed by atoms with Gasteiger partial charge in [0.1, 0.15) is 11.6 Å². The minimum Gasteiger partial charge on any atom is -0.398 e. The molecule has 0 spiro atoms. The van der Waals surface area contributed by atoms with Gasteiger partial charge >= 0.3 is 0 Å². The molecule has 3 aromatic carbocycles. The highest BCUT2D eigenvalue weighted by atomic mass is 19.1. The lowest BCUT2D eigenvalue weighted by Crippen LogP contribution is -2.03. The Bertz CT molecular complexity index is 974. The highest BCUT2D eigenvalue weighted by molar-refractivity contribution is 5.49. The summed E-state index contributed by atoms with van der Waals surface area (Å²) in [4.78, 5) is 0. The fourth-order valence-corrected chi connectivity index (χ4v) is 3.72. The van der Waals surface area contributed by atoms with Gasteiger partial charge in [0.2, 0.25) is 0 Å². The molecule has 3 nitrogen and oxygen atoms in total. The average molecular weight is 500 g/mol. The third kappa shape index (κ3) is 11.8. The molecular weight excluding hydrogens is 452 g/mol. The van der Waals surface area contributed by atoms with Crippen LogP contribution < -0.4 is 17.2 Å². The van der Waals surface area contributed by atoms with E-state index in [0.29, 0.717) is 36.2 Å². The van der Waals surface area contributed by atoms with Gasteiger partial charge in [-0.25, -0.2) is 8.78 Å². The summed E-state index contributed by atoms with van der Waals surface area (Å²) in [6.07, 6.45) is 6.63. The predicted molar refractivity (Wildman–Crippen MR) is 153 cm³/mol.